The molecular formula is C16H26BrN3. The highest BCUT2D eigenvalue weighted by atomic mass is 79.9. The average Bonchev–Trinajstić information content (AvgIpc) is 2.47. The van der Waals surface area contributed by atoms with Crippen molar-refractivity contribution >= 4 is 15.9 Å². The molecule has 0 aromatic heterocycles. The maximum absolute atomic E-state index is 6.14. The van der Waals surface area contributed by atoms with E-state index in [2.05, 4.69) is 64.0 Å². The molecule has 0 unspecified atom stereocenters. The number of rotatable bonds is 5. The maximum atomic E-state index is 6.14. The summed E-state index contributed by atoms with van der Waals surface area (Å²) in [6.45, 7) is 7.42. The fourth-order valence-corrected chi connectivity index (χ4v) is 3.55. The largest absolute Gasteiger partial charge is 0.329 e. The molecule has 0 atom stereocenters. The zero-order valence-corrected chi connectivity index (χ0v) is 14.2. The van der Waals surface area contributed by atoms with Gasteiger partial charge in [-0.15, -0.1) is 0 Å². The second-order valence-corrected chi connectivity index (χ2v) is 6.76. The lowest BCUT2D eigenvalue weighted by Gasteiger charge is -2.47. The highest BCUT2D eigenvalue weighted by Gasteiger charge is 2.36. The van der Waals surface area contributed by atoms with Crippen LogP contribution in [0.4, 0.5) is 0 Å². The lowest BCUT2D eigenvalue weighted by atomic mass is 9.85. The van der Waals surface area contributed by atoms with E-state index in [1.54, 1.807) is 0 Å². The van der Waals surface area contributed by atoms with Crippen LogP contribution in [0.25, 0.3) is 0 Å². The van der Waals surface area contributed by atoms with Crippen LogP contribution in [-0.2, 0) is 6.54 Å². The van der Waals surface area contributed by atoms with E-state index < -0.39 is 0 Å². The molecule has 0 aliphatic carbocycles. The van der Waals surface area contributed by atoms with Gasteiger partial charge in [-0.25, -0.2) is 0 Å². The molecular weight excluding hydrogens is 314 g/mol. The third-order valence-electron chi connectivity index (χ3n) is 4.73. The molecule has 0 amide bonds. The number of benzene rings is 1. The van der Waals surface area contributed by atoms with E-state index in [4.69, 9.17) is 5.73 Å². The van der Waals surface area contributed by atoms with Crippen LogP contribution in [0.15, 0.2) is 28.7 Å². The minimum atomic E-state index is 0.161. The lowest BCUT2D eigenvalue weighted by molar-refractivity contribution is 0.0418. The Balaban J connectivity index is 2.04. The van der Waals surface area contributed by atoms with Crippen LogP contribution in [0.2, 0.25) is 0 Å². The fourth-order valence-electron chi connectivity index (χ4n) is 3.10. The van der Waals surface area contributed by atoms with Gasteiger partial charge in [0.1, 0.15) is 0 Å². The zero-order chi connectivity index (χ0) is 14.6. The van der Waals surface area contributed by atoms with Crippen molar-refractivity contribution < 1.29 is 0 Å². The van der Waals surface area contributed by atoms with Crippen molar-refractivity contribution in [1.82, 2.24) is 9.80 Å². The van der Waals surface area contributed by atoms with E-state index in [0.717, 1.165) is 37.2 Å². The lowest BCUT2D eigenvalue weighted by Crippen LogP contribution is -2.57. The predicted molar refractivity (Wildman–Crippen MR) is 88.7 cm³/mol. The van der Waals surface area contributed by atoms with E-state index in [9.17, 15) is 0 Å². The first-order valence-electron chi connectivity index (χ1n) is 7.48. The van der Waals surface area contributed by atoms with Crippen LogP contribution in [0.5, 0.6) is 0 Å². The number of likely N-dealkylation sites (tertiary alicyclic amines) is 1. The van der Waals surface area contributed by atoms with Crippen molar-refractivity contribution in [3.05, 3.63) is 34.3 Å². The molecule has 112 valence electrons. The summed E-state index contributed by atoms with van der Waals surface area (Å²) < 4.78 is 1.14. The quantitative estimate of drug-likeness (QED) is 0.895. The van der Waals surface area contributed by atoms with Crippen molar-refractivity contribution in [3.8, 4) is 0 Å². The van der Waals surface area contributed by atoms with Gasteiger partial charge in [0.2, 0.25) is 0 Å². The molecule has 0 bridgehead atoms. The molecule has 1 fully saturated rings. The zero-order valence-electron chi connectivity index (χ0n) is 12.6. The molecule has 1 aromatic rings. The standard InChI is InChI=1S/C16H26BrN3/c1-3-20-9-7-16(13-18,8-10-20)19(2)12-14-5-4-6-15(17)11-14/h4-6,11H,3,7-10,12-13,18H2,1-2H3. The van der Waals surface area contributed by atoms with Gasteiger partial charge in [0, 0.05) is 23.1 Å². The van der Waals surface area contributed by atoms with Crippen LogP contribution >= 0.6 is 15.9 Å². The van der Waals surface area contributed by atoms with Crippen molar-refractivity contribution in [1.29, 1.82) is 0 Å². The summed E-state index contributed by atoms with van der Waals surface area (Å²) >= 11 is 3.55. The Morgan fingerprint density at radius 3 is 2.60 bits per heavy atom. The molecule has 20 heavy (non-hydrogen) atoms. The third kappa shape index (κ3) is 3.61. The van der Waals surface area contributed by atoms with Crippen molar-refractivity contribution in [3.63, 3.8) is 0 Å². The summed E-state index contributed by atoms with van der Waals surface area (Å²) in [6, 6.07) is 8.55. The smallest absolute Gasteiger partial charge is 0.0356 e. The molecule has 1 heterocycles. The molecule has 0 spiro atoms. The van der Waals surface area contributed by atoms with Gasteiger partial charge in [0.25, 0.3) is 0 Å². The maximum Gasteiger partial charge on any atom is 0.0356 e. The monoisotopic (exact) mass is 339 g/mol. The average molecular weight is 340 g/mol. The Kier molecular flexibility index (Phi) is 5.61. The van der Waals surface area contributed by atoms with Gasteiger partial charge in [-0.1, -0.05) is 35.0 Å². The molecule has 3 nitrogen and oxygen atoms in total. The van der Waals surface area contributed by atoms with E-state index in [1.807, 2.05) is 0 Å². The van der Waals surface area contributed by atoms with E-state index >= 15 is 0 Å². The molecule has 2 N–H and O–H groups in total. The third-order valence-corrected chi connectivity index (χ3v) is 5.23. The van der Waals surface area contributed by atoms with E-state index in [-0.39, 0.29) is 5.54 Å². The second kappa shape index (κ2) is 7.03. The number of piperidine rings is 1. The topological polar surface area (TPSA) is 32.5 Å². The first-order chi connectivity index (χ1) is 9.59. The molecule has 2 rings (SSSR count). The van der Waals surface area contributed by atoms with Crippen LogP contribution in [0.1, 0.15) is 25.3 Å². The second-order valence-electron chi connectivity index (χ2n) is 5.85. The van der Waals surface area contributed by atoms with Crippen LogP contribution in [-0.4, -0.2) is 48.6 Å². The molecule has 1 aromatic carbocycles. The van der Waals surface area contributed by atoms with Gasteiger partial charge >= 0.3 is 0 Å². The number of nitrogens with two attached hydrogens (primary N) is 1. The van der Waals surface area contributed by atoms with Gasteiger partial charge in [-0.05, 0) is 57.2 Å². The number of halogens is 1. The van der Waals surface area contributed by atoms with Crippen molar-refractivity contribution in [2.75, 3.05) is 33.2 Å². The Hall–Kier alpha value is -0.420. The molecule has 1 saturated heterocycles. The summed E-state index contributed by atoms with van der Waals surface area (Å²) in [6.07, 6.45) is 2.34. The molecule has 0 saturated carbocycles. The van der Waals surface area contributed by atoms with Crippen LogP contribution in [0.3, 0.4) is 0 Å². The summed E-state index contributed by atoms with van der Waals surface area (Å²) in [5, 5.41) is 0. The number of hydrogen-bond acceptors (Lipinski definition) is 3. The highest BCUT2D eigenvalue weighted by Crippen LogP contribution is 2.28. The molecule has 1 aliphatic rings. The van der Waals surface area contributed by atoms with Gasteiger partial charge in [-0.3, -0.25) is 4.90 Å². The Morgan fingerprint density at radius 2 is 2.05 bits per heavy atom. The van der Waals surface area contributed by atoms with Crippen LogP contribution < -0.4 is 5.73 Å². The van der Waals surface area contributed by atoms with Gasteiger partial charge in [0.15, 0.2) is 0 Å². The first-order valence-corrected chi connectivity index (χ1v) is 8.27. The predicted octanol–water partition coefficient (Wildman–Crippen LogP) is 2.69. The van der Waals surface area contributed by atoms with E-state index in [1.165, 1.54) is 18.4 Å². The van der Waals surface area contributed by atoms with Crippen LogP contribution in [0, 0.1) is 0 Å². The molecule has 1 aliphatic heterocycles. The number of hydrogen-bond donors (Lipinski definition) is 1. The normalized spacial score (nSPS) is 19.4. The Morgan fingerprint density at radius 1 is 1.35 bits per heavy atom. The summed E-state index contributed by atoms with van der Waals surface area (Å²) in [5.41, 5.74) is 7.64. The number of nitrogens with zero attached hydrogens (tertiary/aromatic N) is 2. The molecule has 0 radical (unpaired) electrons. The number of likely N-dealkylation sites (N-methyl/N-ethyl adjacent to an activating group) is 1. The Bertz CT molecular complexity index is 427. The minimum absolute atomic E-state index is 0.161. The molecule has 4 heteroatoms. The Labute approximate surface area is 131 Å². The van der Waals surface area contributed by atoms with Crippen molar-refractivity contribution in [2.45, 2.75) is 31.8 Å². The van der Waals surface area contributed by atoms with Gasteiger partial charge in [-0.2, -0.15) is 0 Å². The SMILES string of the molecule is CCN1CCC(CN)(N(C)Cc2cccc(Br)c2)CC1. The fraction of sp³-hybridized carbons (Fsp3) is 0.625. The summed E-state index contributed by atoms with van der Waals surface area (Å²) in [4.78, 5) is 4.97. The van der Waals surface area contributed by atoms with E-state index in [0.29, 0.717) is 0 Å². The summed E-state index contributed by atoms with van der Waals surface area (Å²) in [5.74, 6) is 0. The van der Waals surface area contributed by atoms with Gasteiger partial charge in [0.05, 0.1) is 0 Å². The van der Waals surface area contributed by atoms with Gasteiger partial charge < -0.3 is 10.6 Å². The highest BCUT2D eigenvalue weighted by molar-refractivity contribution is 9.10. The minimum Gasteiger partial charge on any atom is -0.329 e. The summed E-state index contributed by atoms with van der Waals surface area (Å²) in [7, 11) is 2.22. The first kappa shape index (κ1) is 16.0. The van der Waals surface area contributed by atoms with Crippen molar-refractivity contribution in [2.24, 2.45) is 5.73 Å².